The van der Waals surface area contributed by atoms with Crippen LogP contribution in [0.5, 0.6) is 0 Å². The van der Waals surface area contributed by atoms with Gasteiger partial charge in [0, 0.05) is 26.0 Å². The fourth-order valence-electron chi connectivity index (χ4n) is 3.24. The van der Waals surface area contributed by atoms with Gasteiger partial charge in [0.2, 0.25) is 0 Å². The summed E-state index contributed by atoms with van der Waals surface area (Å²) in [4.78, 5) is 9.40. The average molecular weight is 459 g/mol. The summed E-state index contributed by atoms with van der Waals surface area (Å²) in [6, 6.07) is 12.3. The van der Waals surface area contributed by atoms with Crippen molar-refractivity contribution in [1.82, 2.24) is 14.9 Å². The molecule has 0 unspecified atom stereocenters. The number of aliphatic imine (C=N–C) groups is 1. The Hall–Kier alpha value is -2.55. The van der Waals surface area contributed by atoms with Gasteiger partial charge in [-0.2, -0.15) is 0 Å². The fourth-order valence-corrected chi connectivity index (χ4v) is 3.58. The van der Waals surface area contributed by atoms with Crippen LogP contribution < -0.4 is 5.32 Å². The number of nitrogens with zero attached hydrogens (tertiary/aromatic N) is 3. The first-order valence-electron chi connectivity index (χ1n) is 9.07. The van der Waals surface area contributed by atoms with E-state index >= 15 is 0 Å². The zero-order chi connectivity index (χ0) is 20.4. The Morgan fingerprint density at radius 3 is 2.62 bits per heavy atom. The molecular formula is C21H20BrFN4O2. The normalized spacial score (nSPS) is 12.9. The molecule has 1 aliphatic heterocycles. The second kappa shape index (κ2) is 8.44. The monoisotopic (exact) mass is 458 g/mol. The van der Waals surface area contributed by atoms with Crippen LogP contribution >= 0.6 is 15.9 Å². The Kier molecular flexibility index (Phi) is 5.75. The molecule has 3 aromatic rings. The molecule has 0 spiro atoms. The van der Waals surface area contributed by atoms with Gasteiger partial charge in [0.15, 0.2) is 12.1 Å². The largest absolute Gasteiger partial charge is 0.363 e. The van der Waals surface area contributed by atoms with Crippen LogP contribution in [0.3, 0.4) is 0 Å². The van der Waals surface area contributed by atoms with Crippen LogP contribution in [0, 0.1) is 5.82 Å². The Bertz CT molecular complexity index is 1050. The lowest BCUT2D eigenvalue weighted by Crippen LogP contribution is -2.35. The van der Waals surface area contributed by atoms with Crippen LogP contribution in [0.4, 0.5) is 10.1 Å². The standard InChI is InChI=1S/C21H20BrFN4O2/c1-28-20(29-2)10-24-21-18-9-14(13-3-5-15(23)6-4-13)11-27(18)12-17-16(26-21)7-8-19(22)25-17/h3-9,11,20H,10,12H2,1-2H3,(H,24,26). The maximum Gasteiger partial charge on any atom is 0.173 e. The molecule has 0 saturated heterocycles. The predicted octanol–water partition coefficient (Wildman–Crippen LogP) is 4.10. The van der Waals surface area contributed by atoms with Crippen LogP contribution in [0.2, 0.25) is 0 Å². The second-order valence-electron chi connectivity index (χ2n) is 6.59. The summed E-state index contributed by atoms with van der Waals surface area (Å²) in [6.45, 7) is 1.00. The van der Waals surface area contributed by atoms with Gasteiger partial charge in [-0.3, -0.25) is 0 Å². The van der Waals surface area contributed by atoms with Gasteiger partial charge in [-0.1, -0.05) is 12.1 Å². The molecule has 1 aliphatic rings. The number of nitrogens with one attached hydrogen (secondary N) is 1. The number of halogens is 2. The quantitative estimate of drug-likeness (QED) is 0.461. The number of methoxy groups -OCH3 is 2. The molecule has 0 radical (unpaired) electrons. The van der Waals surface area contributed by atoms with Gasteiger partial charge < -0.3 is 19.4 Å². The number of ether oxygens (including phenoxy) is 2. The molecule has 3 heterocycles. The van der Waals surface area contributed by atoms with Gasteiger partial charge in [0.25, 0.3) is 0 Å². The molecule has 4 rings (SSSR count). The second-order valence-corrected chi connectivity index (χ2v) is 7.40. The fraction of sp³-hybridized carbons (Fsp3) is 0.238. The molecule has 6 nitrogen and oxygen atoms in total. The molecular weight excluding hydrogens is 439 g/mol. The number of hydrogen-bond acceptors (Lipinski definition) is 5. The molecule has 1 N–H and O–H groups in total. The van der Waals surface area contributed by atoms with Crippen LogP contribution in [0.15, 0.2) is 58.3 Å². The summed E-state index contributed by atoms with van der Waals surface area (Å²) in [6.07, 6.45) is 1.63. The van der Waals surface area contributed by atoms with E-state index in [9.17, 15) is 4.39 Å². The van der Waals surface area contributed by atoms with E-state index in [0.29, 0.717) is 18.9 Å². The highest BCUT2D eigenvalue weighted by atomic mass is 79.9. The number of amidine groups is 1. The molecule has 0 atom stereocenters. The van der Waals surface area contributed by atoms with Crippen molar-refractivity contribution in [2.24, 2.45) is 4.99 Å². The third kappa shape index (κ3) is 4.24. The molecule has 2 aromatic heterocycles. The molecule has 0 amide bonds. The first-order chi connectivity index (χ1) is 14.1. The van der Waals surface area contributed by atoms with E-state index in [-0.39, 0.29) is 5.82 Å². The lowest BCUT2D eigenvalue weighted by Gasteiger charge is -2.16. The highest BCUT2D eigenvalue weighted by Crippen LogP contribution is 2.29. The maximum absolute atomic E-state index is 13.3. The van der Waals surface area contributed by atoms with Gasteiger partial charge in [0.1, 0.15) is 10.4 Å². The molecule has 0 bridgehead atoms. The highest BCUT2D eigenvalue weighted by Gasteiger charge is 2.20. The first kappa shape index (κ1) is 19.8. The highest BCUT2D eigenvalue weighted by molar-refractivity contribution is 9.10. The minimum Gasteiger partial charge on any atom is -0.363 e. The van der Waals surface area contributed by atoms with Crippen molar-refractivity contribution in [2.75, 3.05) is 20.8 Å². The van der Waals surface area contributed by atoms with E-state index in [1.165, 1.54) is 12.1 Å². The summed E-state index contributed by atoms with van der Waals surface area (Å²) in [5, 5.41) is 3.33. The molecule has 0 saturated carbocycles. The number of fused-ring (bicyclic) bond motifs is 2. The van der Waals surface area contributed by atoms with Crippen molar-refractivity contribution in [1.29, 1.82) is 0 Å². The Balaban J connectivity index is 1.75. The summed E-state index contributed by atoms with van der Waals surface area (Å²) in [5.74, 6) is 0.437. The van der Waals surface area contributed by atoms with E-state index in [1.54, 1.807) is 26.4 Å². The van der Waals surface area contributed by atoms with E-state index in [4.69, 9.17) is 14.5 Å². The number of rotatable bonds is 5. The van der Waals surface area contributed by atoms with Crippen molar-refractivity contribution in [3.05, 3.63) is 70.5 Å². The lowest BCUT2D eigenvalue weighted by molar-refractivity contribution is -0.0965. The number of benzene rings is 1. The third-order valence-corrected chi connectivity index (χ3v) is 5.19. The van der Waals surface area contributed by atoms with Crippen molar-refractivity contribution < 1.29 is 13.9 Å². The van der Waals surface area contributed by atoms with Crippen LogP contribution in [0.1, 0.15) is 11.4 Å². The van der Waals surface area contributed by atoms with Gasteiger partial charge in [-0.25, -0.2) is 14.4 Å². The lowest BCUT2D eigenvalue weighted by atomic mass is 10.1. The Morgan fingerprint density at radius 2 is 1.90 bits per heavy atom. The van der Waals surface area contributed by atoms with Gasteiger partial charge in [-0.05, 0) is 51.8 Å². The SMILES string of the molecule is COC(CNC1=Nc2ccc(Br)nc2Cn2cc(-c3ccc(F)cc3)cc21)OC. The zero-order valence-corrected chi connectivity index (χ0v) is 17.6. The topological polar surface area (TPSA) is 60.7 Å². The smallest absolute Gasteiger partial charge is 0.173 e. The van der Waals surface area contributed by atoms with Crippen molar-refractivity contribution >= 4 is 27.5 Å². The summed E-state index contributed by atoms with van der Waals surface area (Å²) in [7, 11) is 3.19. The van der Waals surface area contributed by atoms with Gasteiger partial charge >= 0.3 is 0 Å². The molecule has 0 fully saturated rings. The van der Waals surface area contributed by atoms with E-state index < -0.39 is 6.29 Å². The van der Waals surface area contributed by atoms with Crippen LogP contribution in [0.25, 0.3) is 11.1 Å². The summed E-state index contributed by atoms with van der Waals surface area (Å²) >= 11 is 3.44. The molecule has 1 aromatic carbocycles. The summed E-state index contributed by atoms with van der Waals surface area (Å²) < 4.78 is 26.7. The molecule has 0 aliphatic carbocycles. The van der Waals surface area contributed by atoms with Crippen molar-refractivity contribution in [2.45, 2.75) is 12.8 Å². The van der Waals surface area contributed by atoms with Crippen LogP contribution in [-0.4, -0.2) is 42.4 Å². The first-order valence-corrected chi connectivity index (χ1v) is 9.86. The number of aromatic nitrogens is 2. The number of pyridine rings is 1. The molecule has 150 valence electrons. The zero-order valence-electron chi connectivity index (χ0n) is 16.0. The third-order valence-electron chi connectivity index (χ3n) is 4.75. The maximum atomic E-state index is 13.3. The molecule has 8 heteroatoms. The predicted molar refractivity (Wildman–Crippen MR) is 113 cm³/mol. The van der Waals surface area contributed by atoms with Crippen molar-refractivity contribution in [3.8, 4) is 11.1 Å². The van der Waals surface area contributed by atoms with Gasteiger partial charge in [-0.15, -0.1) is 0 Å². The minimum absolute atomic E-state index is 0.258. The minimum atomic E-state index is -0.400. The summed E-state index contributed by atoms with van der Waals surface area (Å²) in [5.41, 5.74) is 4.47. The van der Waals surface area contributed by atoms with E-state index in [2.05, 4.69) is 30.8 Å². The van der Waals surface area contributed by atoms with Crippen molar-refractivity contribution in [3.63, 3.8) is 0 Å². The molecule has 29 heavy (non-hydrogen) atoms. The number of hydrogen-bond donors (Lipinski definition) is 1. The van der Waals surface area contributed by atoms with E-state index in [1.807, 2.05) is 24.4 Å². The van der Waals surface area contributed by atoms with Crippen LogP contribution in [-0.2, 0) is 16.0 Å². The Morgan fingerprint density at radius 1 is 1.14 bits per heavy atom. The average Bonchev–Trinajstić information content (AvgIpc) is 3.07. The Labute approximate surface area is 176 Å². The van der Waals surface area contributed by atoms with E-state index in [0.717, 1.165) is 32.8 Å². The van der Waals surface area contributed by atoms with Gasteiger partial charge in [0.05, 0.1) is 30.2 Å².